The van der Waals surface area contributed by atoms with E-state index in [1.165, 1.54) is 0 Å². The van der Waals surface area contributed by atoms with Gasteiger partial charge in [0.2, 0.25) is 0 Å². The summed E-state index contributed by atoms with van der Waals surface area (Å²) in [7, 11) is 0. The van der Waals surface area contributed by atoms with Crippen molar-refractivity contribution in [3.63, 3.8) is 0 Å². The van der Waals surface area contributed by atoms with Gasteiger partial charge in [-0.2, -0.15) is 0 Å². The largest absolute Gasteiger partial charge is 0.507 e. The summed E-state index contributed by atoms with van der Waals surface area (Å²) < 4.78 is 5.57. The number of phenolic OH excluding ortho intramolecular Hbond substituents is 1. The number of morpholine rings is 1. The van der Waals surface area contributed by atoms with Crippen LogP contribution >= 0.6 is 24.8 Å². The SMILES string of the molecule is CC(C)(C)c1cccc(CN2CCOC(CN)C2)c1O.Cl.Cl. The first-order valence-electron chi connectivity index (χ1n) is 7.27. The molecule has 1 saturated heterocycles. The fraction of sp³-hybridized carbons (Fsp3) is 0.625. The first kappa shape index (κ1) is 21.5. The van der Waals surface area contributed by atoms with Crippen LogP contribution in [0.4, 0.5) is 0 Å². The lowest BCUT2D eigenvalue weighted by atomic mass is 9.85. The van der Waals surface area contributed by atoms with Crippen molar-refractivity contribution in [3.05, 3.63) is 29.3 Å². The van der Waals surface area contributed by atoms with E-state index in [0.29, 0.717) is 18.9 Å². The summed E-state index contributed by atoms with van der Waals surface area (Å²) in [5, 5.41) is 10.5. The number of rotatable bonds is 3. The Kier molecular flexibility index (Phi) is 8.73. The molecule has 1 aromatic rings. The molecule has 1 heterocycles. The minimum Gasteiger partial charge on any atom is -0.507 e. The number of aromatic hydroxyl groups is 1. The standard InChI is InChI=1S/C16H26N2O2.2ClH/c1-16(2,3)14-6-4-5-12(15(14)19)10-18-7-8-20-13(9-17)11-18;;/h4-6,13,19H,7-11,17H2,1-3H3;2*1H. The van der Waals surface area contributed by atoms with Crippen LogP contribution in [0.15, 0.2) is 18.2 Å². The molecule has 4 nitrogen and oxygen atoms in total. The van der Waals surface area contributed by atoms with Crippen molar-refractivity contribution in [1.29, 1.82) is 0 Å². The monoisotopic (exact) mass is 350 g/mol. The Morgan fingerprint density at radius 1 is 1.32 bits per heavy atom. The Morgan fingerprint density at radius 3 is 2.59 bits per heavy atom. The van der Waals surface area contributed by atoms with E-state index in [2.05, 4.69) is 25.7 Å². The van der Waals surface area contributed by atoms with E-state index < -0.39 is 0 Å². The summed E-state index contributed by atoms with van der Waals surface area (Å²) in [5.41, 5.74) is 7.60. The highest BCUT2D eigenvalue weighted by Gasteiger charge is 2.23. The zero-order valence-electron chi connectivity index (χ0n) is 13.5. The Bertz CT molecular complexity index is 464. The molecule has 3 N–H and O–H groups in total. The summed E-state index contributed by atoms with van der Waals surface area (Å²) in [6, 6.07) is 6.02. The van der Waals surface area contributed by atoms with Crippen molar-refractivity contribution in [1.82, 2.24) is 4.90 Å². The number of benzene rings is 1. The summed E-state index contributed by atoms with van der Waals surface area (Å²) in [6.07, 6.45) is 0.108. The van der Waals surface area contributed by atoms with Crippen LogP contribution < -0.4 is 5.73 Å². The third kappa shape index (κ3) is 5.28. The van der Waals surface area contributed by atoms with Crippen LogP contribution in [0.25, 0.3) is 0 Å². The van der Waals surface area contributed by atoms with Gasteiger partial charge in [0, 0.05) is 31.7 Å². The molecule has 1 aliphatic rings. The second kappa shape index (κ2) is 8.94. The molecule has 1 aliphatic heterocycles. The fourth-order valence-corrected chi connectivity index (χ4v) is 2.63. The second-order valence-electron chi connectivity index (χ2n) is 6.53. The summed E-state index contributed by atoms with van der Waals surface area (Å²) >= 11 is 0. The number of ether oxygens (including phenoxy) is 1. The Balaban J connectivity index is 0.00000220. The maximum atomic E-state index is 10.5. The van der Waals surface area contributed by atoms with Gasteiger partial charge in [-0.05, 0) is 11.0 Å². The minimum absolute atomic E-state index is 0. The number of phenols is 1. The highest BCUT2D eigenvalue weighted by molar-refractivity contribution is 5.85. The van der Waals surface area contributed by atoms with Gasteiger partial charge in [0.15, 0.2) is 0 Å². The van der Waals surface area contributed by atoms with Crippen molar-refractivity contribution in [2.75, 3.05) is 26.2 Å². The topological polar surface area (TPSA) is 58.7 Å². The maximum absolute atomic E-state index is 10.5. The zero-order chi connectivity index (χ0) is 14.8. The maximum Gasteiger partial charge on any atom is 0.123 e. The molecule has 0 aliphatic carbocycles. The number of nitrogens with zero attached hydrogens (tertiary/aromatic N) is 1. The van der Waals surface area contributed by atoms with Crippen LogP contribution in [0.5, 0.6) is 5.75 Å². The Labute approximate surface area is 145 Å². The van der Waals surface area contributed by atoms with E-state index in [-0.39, 0.29) is 36.3 Å². The van der Waals surface area contributed by atoms with Crippen LogP contribution in [-0.2, 0) is 16.7 Å². The van der Waals surface area contributed by atoms with E-state index in [9.17, 15) is 5.11 Å². The van der Waals surface area contributed by atoms with Gasteiger partial charge in [0.05, 0.1) is 12.7 Å². The minimum atomic E-state index is -0.0507. The molecule has 1 atom stereocenters. The van der Waals surface area contributed by atoms with Crippen LogP contribution in [0.1, 0.15) is 31.9 Å². The van der Waals surface area contributed by atoms with E-state index in [0.717, 1.165) is 30.8 Å². The highest BCUT2D eigenvalue weighted by Crippen LogP contribution is 2.33. The predicted octanol–water partition coefficient (Wildman–Crippen LogP) is 2.69. The van der Waals surface area contributed by atoms with Gasteiger partial charge < -0.3 is 15.6 Å². The van der Waals surface area contributed by atoms with Crippen molar-refractivity contribution in [2.45, 2.75) is 38.8 Å². The van der Waals surface area contributed by atoms with Gasteiger partial charge in [-0.1, -0.05) is 39.0 Å². The first-order valence-corrected chi connectivity index (χ1v) is 7.27. The lowest BCUT2D eigenvalue weighted by Crippen LogP contribution is -2.45. The molecule has 22 heavy (non-hydrogen) atoms. The molecule has 128 valence electrons. The van der Waals surface area contributed by atoms with Crippen molar-refractivity contribution in [2.24, 2.45) is 5.73 Å². The lowest BCUT2D eigenvalue weighted by Gasteiger charge is -2.33. The van der Waals surface area contributed by atoms with Gasteiger partial charge in [-0.15, -0.1) is 24.8 Å². The third-order valence-corrected chi connectivity index (χ3v) is 3.81. The molecule has 1 fully saturated rings. The average molecular weight is 351 g/mol. The summed E-state index contributed by atoms with van der Waals surface area (Å²) in [6.45, 7) is 10.1. The number of para-hydroxylation sites is 1. The van der Waals surface area contributed by atoms with E-state index in [4.69, 9.17) is 10.5 Å². The van der Waals surface area contributed by atoms with Crippen molar-refractivity contribution in [3.8, 4) is 5.75 Å². The molecule has 6 heteroatoms. The van der Waals surface area contributed by atoms with Crippen molar-refractivity contribution >= 4 is 24.8 Å². The highest BCUT2D eigenvalue weighted by atomic mass is 35.5. The molecule has 1 aromatic carbocycles. The summed E-state index contributed by atoms with van der Waals surface area (Å²) in [5.74, 6) is 0.427. The third-order valence-electron chi connectivity index (χ3n) is 3.81. The van der Waals surface area contributed by atoms with E-state index in [1.807, 2.05) is 18.2 Å². The zero-order valence-corrected chi connectivity index (χ0v) is 15.2. The average Bonchev–Trinajstić information content (AvgIpc) is 2.40. The molecule has 0 saturated carbocycles. The van der Waals surface area contributed by atoms with Gasteiger partial charge >= 0.3 is 0 Å². The molecule has 0 aromatic heterocycles. The number of hydrogen-bond donors (Lipinski definition) is 2. The summed E-state index contributed by atoms with van der Waals surface area (Å²) in [4.78, 5) is 2.29. The van der Waals surface area contributed by atoms with Gasteiger partial charge in [0.1, 0.15) is 5.75 Å². The van der Waals surface area contributed by atoms with Crippen LogP contribution in [0.2, 0.25) is 0 Å². The number of halogens is 2. The molecular formula is C16H28Cl2N2O2. The van der Waals surface area contributed by atoms with Crippen LogP contribution in [0, 0.1) is 0 Å². The Morgan fingerprint density at radius 2 is 2.00 bits per heavy atom. The second-order valence-corrected chi connectivity index (χ2v) is 6.53. The molecule has 2 rings (SSSR count). The lowest BCUT2D eigenvalue weighted by molar-refractivity contribution is -0.0262. The molecule has 0 amide bonds. The molecule has 0 bridgehead atoms. The fourth-order valence-electron chi connectivity index (χ4n) is 2.63. The Hall–Kier alpha value is -0.520. The van der Waals surface area contributed by atoms with Crippen molar-refractivity contribution < 1.29 is 9.84 Å². The predicted molar refractivity (Wildman–Crippen MR) is 95.4 cm³/mol. The first-order chi connectivity index (χ1) is 9.41. The number of hydrogen-bond acceptors (Lipinski definition) is 4. The van der Waals surface area contributed by atoms with Gasteiger partial charge in [-0.25, -0.2) is 0 Å². The molecular weight excluding hydrogens is 323 g/mol. The van der Waals surface area contributed by atoms with E-state index in [1.54, 1.807) is 0 Å². The molecule has 0 radical (unpaired) electrons. The normalized spacial score (nSPS) is 19.2. The van der Waals surface area contributed by atoms with Crippen LogP contribution in [-0.4, -0.2) is 42.4 Å². The smallest absolute Gasteiger partial charge is 0.123 e. The number of nitrogens with two attached hydrogens (primary N) is 1. The van der Waals surface area contributed by atoms with Gasteiger partial charge in [-0.3, -0.25) is 4.90 Å². The molecule has 0 spiro atoms. The quantitative estimate of drug-likeness (QED) is 0.879. The van der Waals surface area contributed by atoms with Crippen LogP contribution in [0.3, 0.4) is 0 Å². The van der Waals surface area contributed by atoms with Gasteiger partial charge in [0.25, 0.3) is 0 Å². The molecule has 1 unspecified atom stereocenters. The van der Waals surface area contributed by atoms with E-state index >= 15 is 0 Å².